The fraction of sp³-hybridized carbons (Fsp3) is 0.100. The Hall–Kier alpha value is -3.74. The Bertz CT molecular complexity index is 1020. The van der Waals surface area contributed by atoms with E-state index in [9.17, 15) is 19.8 Å². The zero-order chi connectivity index (χ0) is 19.0. The summed E-state index contributed by atoms with van der Waals surface area (Å²) in [6, 6.07) is 11.7. The minimum absolute atomic E-state index is 0.00866. The van der Waals surface area contributed by atoms with Gasteiger partial charge in [-0.2, -0.15) is 0 Å². The van der Waals surface area contributed by atoms with Gasteiger partial charge in [0.2, 0.25) is 5.78 Å². The number of Topliss-reactive ketones (excluding diaryl/α,β-unsaturated/α-hetero) is 1. The van der Waals surface area contributed by atoms with Crippen molar-refractivity contribution in [2.75, 3.05) is 0 Å². The van der Waals surface area contributed by atoms with Gasteiger partial charge in [-0.15, -0.1) is 0 Å². The number of aromatic hydroxyl groups is 1. The van der Waals surface area contributed by atoms with Crippen molar-refractivity contribution in [3.63, 3.8) is 0 Å². The van der Waals surface area contributed by atoms with Crippen LogP contribution in [0.1, 0.15) is 27.9 Å². The van der Waals surface area contributed by atoms with Crippen molar-refractivity contribution < 1.29 is 28.6 Å². The van der Waals surface area contributed by atoms with E-state index in [4.69, 9.17) is 8.83 Å². The second-order valence-electron chi connectivity index (χ2n) is 6.08. The molecule has 0 saturated carbocycles. The van der Waals surface area contributed by atoms with Crippen molar-refractivity contribution in [1.29, 1.82) is 0 Å². The smallest absolute Gasteiger partial charge is 0.290 e. The molecule has 0 saturated heterocycles. The zero-order valence-electron chi connectivity index (χ0n) is 14.0. The molecule has 7 heteroatoms. The van der Waals surface area contributed by atoms with E-state index in [-0.39, 0.29) is 23.6 Å². The number of ketones is 1. The highest BCUT2D eigenvalue weighted by molar-refractivity contribution is 6.14. The maximum Gasteiger partial charge on any atom is 0.290 e. The molecular weight excluding hydrogens is 350 g/mol. The number of carbonyl (C=O) groups is 2. The van der Waals surface area contributed by atoms with Crippen LogP contribution in [0.4, 0.5) is 0 Å². The standard InChI is InChI=1S/C20H15NO6/c22-13-5-1-4-12(10-13)17-16(18(23)15-7-3-9-27-15)19(24)20(25)21(17)11-14-6-2-8-26-14/h1-10,17,22,24H,11H2/t17-/m0/s1. The number of aliphatic hydroxyl groups is 1. The third-order valence-electron chi connectivity index (χ3n) is 4.39. The molecule has 27 heavy (non-hydrogen) atoms. The predicted molar refractivity (Wildman–Crippen MR) is 92.8 cm³/mol. The van der Waals surface area contributed by atoms with Gasteiger partial charge in [0.05, 0.1) is 30.7 Å². The quantitative estimate of drug-likeness (QED) is 0.672. The van der Waals surface area contributed by atoms with Crippen LogP contribution in [0.5, 0.6) is 5.75 Å². The van der Waals surface area contributed by atoms with Crippen LogP contribution in [0.15, 0.2) is 81.2 Å². The maximum atomic E-state index is 12.9. The largest absolute Gasteiger partial charge is 0.508 e. The number of benzene rings is 1. The first kappa shape index (κ1) is 16.7. The Morgan fingerprint density at radius 2 is 1.81 bits per heavy atom. The van der Waals surface area contributed by atoms with Gasteiger partial charge in [-0.25, -0.2) is 0 Å². The molecule has 4 rings (SSSR count). The topological polar surface area (TPSA) is 104 Å². The Balaban J connectivity index is 1.81. The first-order valence-electron chi connectivity index (χ1n) is 8.20. The molecule has 0 bridgehead atoms. The molecule has 0 aliphatic carbocycles. The van der Waals surface area contributed by atoms with E-state index in [0.717, 1.165) is 0 Å². The molecule has 0 fully saturated rings. The molecule has 1 aromatic carbocycles. The van der Waals surface area contributed by atoms with Gasteiger partial charge < -0.3 is 23.9 Å². The van der Waals surface area contributed by atoms with Crippen LogP contribution < -0.4 is 0 Å². The van der Waals surface area contributed by atoms with Gasteiger partial charge in [0.15, 0.2) is 11.5 Å². The van der Waals surface area contributed by atoms with Crippen LogP contribution in [0, 0.1) is 0 Å². The highest BCUT2D eigenvalue weighted by atomic mass is 16.3. The fourth-order valence-corrected chi connectivity index (χ4v) is 3.20. The average Bonchev–Trinajstić information content (AvgIpc) is 3.40. The van der Waals surface area contributed by atoms with Gasteiger partial charge in [-0.05, 0) is 42.0 Å². The van der Waals surface area contributed by atoms with Gasteiger partial charge in [0.25, 0.3) is 5.91 Å². The lowest BCUT2D eigenvalue weighted by Crippen LogP contribution is -2.30. The lowest BCUT2D eigenvalue weighted by Gasteiger charge is -2.25. The SMILES string of the molecule is O=C(C1=C(O)C(=O)N(Cc2ccco2)[C@H]1c1cccc(O)c1)c1ccco1. The summed E-state index contributed by atoms with van der Waals surface area (Å²) in [6.45, 7) is 0.0468. The molecule has 1 aliphatic heterocycles. The highest BCUT2D eigenvalue weighted by Gasteiger charge is 2.44. The van der Waals surface area contributed by atoms with Crippen LogP contribution >= 0.6 is 0 Å². The van der Waals surface area contributed by atoms with E-state index in [1.807, 2.05) is 0 Å². The van der Waals surface area contributed by atoms with Gasteiger partial charge in [0, 0.05) is 0 Å². The average molecular weight is 365 g/mol. The van der Waals surface area contributed by atoms with Crippen molar-refractivity contribution in [3.8, 4) is 5.75 Å². The number of hydrogen-bond acceptors (Lipinski definition) is 6. The highest BCUT2D eigenvalue weighted by Crippen LogP contribution is 2.40. The minimum atomic E-state index is -0.896. The fourth-order valence-electron chi connectivity index (χ4n) is 3.20. The van der Waals surface area contributed by atoms with Crippen molar-refractivity contribution in [2.45, 2.75) is 12.6 Å². The first-order valence-corrected chi connectivity index (χ1v) is 8.20. The van der Waals surface area contributed by atoms with E-state index < -0.39 is 23.5 Å². The molecule has 136 valence electrons. The van der Waals surface area contributed by atoms with Gasteiger partial charge >= 0.3 is 0 Å². The number of aliphatic hydroxyl groups excluding tert-OH is 1. The molecule has 3 aromatic rings. The van der Waals surface area contributed by atoms with E-state index in [2.05, 4.69) is 0 Å². The first-order chi connectivity index (χ1) is 13.1. The molecule has 7 nitrogen and oxygen atoms in total. The van der Waals surface area contributed by atoms with E-state index in [1.54, 1.807) is 30.3 Å². The molecule has 0 radical (unpaired) electrons. The Morgan fingerprint density at radius 1 is 1.04 bits per heavy atom. The normalized spacial score (nSPS) is 17.0. The van der Waals surface area contributed by atoms with Gasteiger partial charge in [-0.1, -0.05) is 12.1 Å². The lowest BCUT2D eigenvalue weighted by molar-refractivity contribution is -0.130. The van der Waals surface area contributed by atoms with Crippen molar-refractivity contribution in [3.05, 3.63) is 89.5 Å². The number of furan rings is 2. The van der Waals surface area contributed by atoms with Crippen LogP contribution in [0.2, 0.25) is 0 Å². The van der Waals surface area contributed by atoms with Crippen molar-refractivity contribution >= 4 is 11.7 Å². The zero-order valence-corrected chi connectivity index (χ0v) is 14.0. The van der Waals surface area contributed by atoms with E-state index in [1.165, 1.54) is 35.6 Å². The van der Waals surface area contributed by atoms with Crippen molar-refractivity contribution in [1.82, 2.24) is 4.90 Å². The number of phenolic OH excluding ortho intramolecular Hbond substituents is 1. The number of phenols is 1. The second kappa shape index (κ2) is 6.53. The number of hydrogen-bond donors (Lipinski definition) is 2. The summed E-state index contributed by atoms with van der Waals surface area (Å²) in [7, 11) is 0. The Kier molecular flexibility index (Phi) is 4.04. The monoisotopic (exact) mass is 365 g/mol. The number of nitrogens with zero attached hydrogens (tertiary/aromatic N) is 1. The van der Waals surface area contributed by atoms with E-state index >= 15 is 0 Å². The molecule has 2 aromatic heterocycles. The molecular formula is C20H15NO6. The molecule has 1 atom stereocenters. The summed E-state index contributed by atoms with van der Waals surface area (Å²) in [6.07, 6.45) is 2.81. The minimum Gasteiger partial charge on any atom is -0.508 e. The molecule has 0 unspecified atom stereocenters. The third-order valence-corrected chi connectivity index (χ3v) is 4.39. The van der Waals surface area contributed by atoms with Crippen molar-refractivity contribution in [2.24, 2.45) is 0 Å². The molecule has 2 N–H and O–H groups in total. The molecule has 3 heterocycles. The number of rotatable bonds is 5. The maximum absolute atomic E-state index is 12.9. The van der Waals surface area contributed by atoms with Crippen LogP contribution in [0.25, 0.3) is 0 Å². The summed E-state index contributed by atoms with van der Waals surface area (Å²) in [5.41, 5.74) is 0.376. The number of carbonyl (C=O) groups excluding carboxylic acids is 2. The summed E-state index contributed by atoms with van der Waals surface area (Å²) in [5, 5.41) is 20.3. The summed E-state index contributed by atoms with van der Waals surface area (Å²) >= 11 is 0. The third kappa shape index (κ3) is 2.89. The molecule has 0 spiro atoms. The summed E-state index contributed by atoms with van der Waals surface area (Å²) in [4.78, 5) is 26.9. The van der Waals surface area contributed by atoms with Crippen LogP contribution in [0.3, 0.4) is 0 Å². The second-order valence-corrected chi connectivity index (χ2v) is 6.08. The Morgan fingerprint density at radius 3 is 2.48 bits per heavy atom. The Labute approximate surface area is 153 Å². The summed E-state index contributed by atoms with van der Waals surface area (Å²) < 4.78 is 10.5. The predicted octanol–water partition coefficient (Wildman–Crippen LogP) is 3.36. The molecule has 1 amide bonds. The van der Waals surface area contributed by atoms with Crippen LogP contribution in [-0.2, 0) is 11.3 Å². The van der Waals surface area contributed by atoms with Gasteiger partial charge in [0.1, 0.15) is 11.5 Å². The lowest BCUT2D eigenvalue weighted by atomic mass is 9.95. The molecule has 1 aliphatic rings. The summed E-state index contributed by atoms with van der Waals surface area (Å²) in [5.74, 6) is -1.46. The number of amides is 1. The van der Waals surface area contributed by atoms with Crippen LogP contribution in [-0.4, -0.2) is 26.8 Å². The van der Waals surface area contributed by atoms with Gasteiger partial charge in [-0.3, -0.25) is 9.59 Å². The van der Waals surface area contributed by atoms with E-state index in [0.29, 0.717) is 11.3 Å².